The maximum absolute atomic E-state index is 13.2. The minimum atomic E-state index is -0.157. The molecule has 0 unspecified atom stereocenters. The molecule has 0 aliphatic carbocycles. The standard InChI is InChI=1S/C33H31N5OS/c1-22-15-16-25(21-23(22)2)37-19-8-14-29(37)32-31(28-12-5-6-18-34-28)36-33(40)38(32)20-17-30(39)35-27-13-7-10-24-9-3-4-11-26(24)27/h3-16,18-19,21,31-32H,17,20H2,1-2H3,(H,35,39)(H,36,40)/t31-,32-/m0/s1. The van der Waals surface area contributed by atoms with Crippen LogP contribution in [0.1, 0.15) is 41.0 Å². The molecule has 1 aliphatic rings. The molecule has 5 aromatic rings. The van der Waals surface area contributed by atoms with Crippen LogP contribution in [0.2, 0.25) is 0 Å². The summed E-state index contributed by atoms with van der Waals surface area (Å²) in [6, 6.07) is 30.3. The first-order valence-electron chi connectivity index (χ1n) is 13.5. The van der Waals surface area contributed by atoms with Gasteiger partial charge in [0.2, 0.25) is 5.91 Å². The second kappa shape index (κ2) is 10.9. The zero-order valence-electron chi connectivity index (χ0n) is 22.5. The fraction of sp³-hybridized carbons (Fsp3) is 0.182. The summed E-state index contributed by atoms with van der Waals surface area (Å²) in [5.41, 5.74) is 6.39. The number of fused-ring (bicyclic) bond motifs is 1. The molecular weight excluding hydrogens is 514 g/mol. The first-order valence-corrected chi connectivity index (χ1v) is 13.9. The quantitative estimate of drug-likeness (QED) is 0.225. The third-order valence-electron chi connectivity index (χ3n) is 7.69. The Labute approximate surface area is 239 Å². The summed E-state index contributed by atoms with van der Waals surface area (Å²) in [4.78, 5) is 20.0. The smallest absolute Gasteiger partial charge is 0.226 e. The molecule has 2 aromatic heterocycles. The van der Waals surface area contributed by atoms with Gasteiger partial charge in [-0.15, -0.1) is 0 Å². The number of carbonyl (C=O) groups excluding carboxylic acids is 1. The number of carbonyl (C=O) groups is 1. The summed E-state index contributed by atoms with van der Waals surface area (Å²) in [6.45, 7) is 4.72. The summed E-state index contributed by atoms with van der Waals surface area (Å²) in [6.07, 6.45) is 4.18. The monoisotopic (exact) mass is 545 g/mol. The van der Waals surface area contributed by atoms with E-state index in [1.807, 2.05) is 60.7 Å². The highest BCUT2D eigenvalue weighted by atomic mass is 32.1. The number of nitrogens with zero attached hydrogens (tertiary/aromatic N) is 3. The fourth-order valence-corrected chi connectivity index (χ4v) is 5.81. The van der Waals surface area contributed by atoms with E-state index in [-0.39, 0.29) is 18.0 Å². The zero-order chi connectivity index (χ0) is 27.6. The Morgan fingerprint density at radius 3 is 2.60 bits per heavy atom. The van der Waals surface area contributed by atoms with E-state index in [2.05, 4.69) is 75.5 Å². The molecule has 1 aliphatic heterocycles. The van der Waals surface area contributed by atoms with Gasteiger partial charge in [0.15, 0.2) is 5.11 Å². The zero-order valence-corrected chi connectivity index (χ0v) is 23.4. The van der Waals surface area contributed by atoms with E-state index in [4.69, 9.17) is 12.2 Å². The fourth-order valence-electron chi connectivity index (χ4n) is 5.48. The first-order chi connectivity index (χ1) is 19.5. The van der Waals surface area contributed by atoms with E-state index in [9.17, 15) is 4.79 Å². The number of nitrogens with one attached hydrogen (secondary N) is 2. The van der Waals surface area contributed by atoms with Crippen molar-refractivity contribution >= 4 is 39.7 Å². The van der Waals surface area contributed by atoms with E-state index in [0.717, 1.165) is 33.5 Å². The Kier molecular flexibility index (Phi) is 7.05. The third-order valence-corrected chi connectivity index (χ3v) is 8.05. The average Bonchev–Trinajstić information content (AvgIpc) is 3.58. The highest BCUT2D eigenvalue weighted by molar-refractivity contribution is 7.80. The summed E-state index contributed by atoms with van der Waals surface area (Å²) < 4.78 is 2.21. The van der Waals surface area contributed by atoms with Crippen LogP contribution < -0.4 is 10.6 Å². The lowest BCUT2D eigenvalue weighted by molar-refractivity contribution is -0.116. The van der Waals surface area contributed by atoms with Crippen LogP contribution in [0.15, 0.2) is 103 Å². The number of hydrogen-bond acceptors (Lipinski definition) is 3. The number of hydrogen-bond donors (Lipinski definition) is 2. The van der Waals surface area contributed by atoms with Crippen LogP contribution in [0.3, 0.4) is 0 Å². The summed E-state index contributed by atoms with van der Waals surface area (Å²) in [5.74, 6) is -0.0521. The highest BCUT2D eigenvalue weighted by Crippen LogP contribution is 2.39. The molecule has 200 valence electrons. The normalized spacial score (nSPS) is 16.8. The van der Waals surface area contributed by atoms with E-state index >= 15 is 0 Å². The molecule has 3 aromatic carbocycles. The van der Waals surface area contributed by atoms with Gasteiger partial charge in [0.25, 0.3) is 0 Å². The minimum Gasteiger partial charge on any atom is -0.352 e. The molecular formula is C33H31N5OS. The van der Waals surface area contributed by atoms with Gasteiger partial charge in [-0.25, -0.2) is 0 Å². The van der Waals surface area contributed by atoms with Crippen molar-refractivity contribution in [3.05, 3.63) is 126 Å². The Morgan fingerprint density at radius 2 is 1.77 bits per heavy atom. The largest absolute Gasteiger partial charge is 0.352 e. The molecule has 1 saturated heterocycles. The second-order valence-corrected chi connectivity index (χ2v) is 10.6. The predicted molar refractivity (Wildman–Crippen MR) is 165 cm³/mol. The molecule has 2 N–H and O–H groups in total. The van der Waals surface area contributed by atoms with Crippen LogP contribution in [-0.4, -0.2) is 32.0 Å². The molecule has 0 saturated carbocycles. The van der Waals surface area contributed by atoms with Crippen LogP contribution in [0.25, 0.3) is 16.5 Å². The van der Waals surface area contributed by atoms with E-state index in [1.165, 1.54) is 11.1 Å². The lowest BCUT2D eigenvalue weighted by atomic mass is 10.0. The Balaban J connectivity index is 1.30. The van der Waals surface area contributed by atoms with Crippen LogP contribution in [0, 0.1) is 13.8 Å². The number of amides is 1. The van der Waals surface area contributed by atoms with Crippen molar-refractivity contribution in [2.24, 2.45) is 0 Å². The van der Waals surface area contributed by atoms with Gasteiger partial charge >= 0.3 is 0 Å². The topological polar surface area (TPSA) is 62.2 Å². The Morgan fingerprint density at radius 1 is 0.950 bits per heavy atom. The number of benzene rings is 3. The molecule has 7 heteroatoms. The van der Waals surface area contributed by atoms with Crippen molar-refractivity contribution in [2.45, 2.75) is 32.4 Å². The Bertz CT molecular complexity index is 1690. The number of thiocarbonyl (C=S) groups is 1. The number of aryl methyl sites for hydroxylation is 2. The summed E-state index contributed by atoms with van der Waals surface area (Å²) >= 11 is 5.86. The molecule has 6 rings (SSSR count). The van der Waals surface area contributed by atoms with Gasteiger partial charge in [-0.05, 0) is 85.0 Å². The van der Waals surface area contributed by atoms with Crippen molar-refractivity contribution in [3.8, 4) is 5.69 Å². The van der Waals surface area contributed by atoms with Crippen LogP contribution >= 0.6 is 12.2 Å². The third kappa shape index (κ3) is 4.96. The van der Waals surface area contributed by atoms with Crippen molar-refractivity contribution < 1.29 is 4.79 Å². The molecule has 1 fully saturated rings. The average molecular weight is 546 g/mol. The lowest BCUT2D eigenvalue weighted by Gasteiger charge is -2.29. The van der Waals surface area contributed by atoms with Crippen LogP contribution in [0.4, 0.5) is 5.69 Å². The molecule has 1 amide bonds. The molecule has 0 radical (unpaired) electrons. The highest BCUT2D eigenvalue weighted by Gasteiger charge is 2.41. The predicted octanol–water partition coefficient (Wildman–Crippen LogP) is 6.64. The number of rotatable bonds is 7. The first kappa shape index (κ1) is 25.8. The molecule has 6 nitrogen and oxygen atoms in total. The van der Waals surface area contributed by atoms with Gasteiger partial charge < -0.3 is 20.1 Å². The van der Waals surface area contributed by atoms with Gasteiger partial charge in [-0.3, -0.25) is 9.78 Å². The number of aromatic nitrogens is 2. The molecule has 2 atom stereocenters. The van der Waals surface area contributed by atoms with Gasteiger partial charge in [-0.2, -0.15) is 0 Å². The molecule has 0 spiro atoms. The van der Waals surface area contributed by atoms with E-state index in [1.54, 1.807) is 6.20 Å². The van der Waals surface area contributed by atoms with Crippen molar-refractivity contribution in [1.29, 1.82) is 0 Å². The second-order valence-electron chi connectivity index (χ2n) is 10.2. The van der Waals surface area contributed by atoms with Gasteiger partial charge in [0.05, 0.1) is 17.8 Å². The number of anilines is 1. The summed E-state index contributed by atoms with van der Waals surface area (Å²) in [5, 5.41) is 9.36. The van der Waals surface area contributed by atoms with Crippen LogP contribution in [-0.2, 0) is 4.79 Å². The van der Waals surface area contributed by atoms with E-state index in [0.29, 0.717) is 18.1 Å². The lowest BCUT2D eigenvalue weighted by Crippen LogP contribution is -2.33. The SMILES string of the molecule is Cc1ccc(-n2cccc2[C@H]2[C@H](c3ccccn3)NC(=S)N2CCC(=O)Nc2cccc3ccccc23)cc1C. The van der Waals surface area contributed by atoms with Crippen molar-refractivity contribution in [1.82, 2.24) is 19.8 Å². The number of pyridine rings is 1. The van der Waals surface area contributed by atoms with Gasteiger partial charge in [0.1, 0.15) is 0 Å². The maximum Gasteiger partial charge on any atom is 0.226 e. The molecule has 0 bridgehead atoms. The van der Waals surface area contributed by atoms with Gasteiger partial charge in [0, 0.05) is 47.8 Å². The minimum absolute atomic E-state index is 0.0521. The molecule has 40 heavy (non-hydrogen) atoms. The van der Waals surface area contributed by atoms with Crippen LogP contribution in [0.5, 0.6) is 0 Å². The van der Waals surface area contributed by atoms with Crippen molar-refractivity contribution in [3.63, 3.8) is 0 Å². The summed E-state index contributed by atoms with van der Waals surface area (Å²) in [7, 11) is 0. The Hall–Kier alpha value is -4.49. The maximum atomic E-state index is 13.2. The van der Waals surface area contributed by atoms with Crippen molar-refractivity contribution in [2.75, 3.05) is 11.9 Å². The van der Waals surface area contributed by atoms with Gasteiger partial charge in [-0.1, -0.05) is 48.5 Å². The van der Waals surface area contributed by atoms with E-state index < -0.39 is 0 Å². The molecule has 3 heterocycles.